The fraction of sp³-hybridized carbons (Fsp3) is 0.824. The highest BCUT2D eigenvalue weighted by molar-refractivity contribution is 7.11. The van der Waals surface area contributed by atoms with Crippen molar-refractivity contribution in [1.29, 1.82) is 0 Å². The van der Waals surface area contributed by atoms with Gasteiger partial charge in [0, 0.05) is 23.5 Å². The van der Waals surface area contributed by atoms with Crippen LogP contribution in [-0.2, 0) is 19.5 Å². The minimum Gasteiger partial charge on any atom is -0.309 e. The molecule has 1 atom stereocenters. The van der Waals surface area contributed by atoms with Crippen LogP contribution in [0.4, 0.5) is 0 Å². The molecule has 0 radical (unpaired) electrons. The zero-order valence-corrected chi connectivity index (χ0v) is 14.3. The second-order valence-corrected chi connectivity index (χ2v) is 7.87. The Morgan fingerprint density at radius 2 is 2.14 bits per heavy atom. The topological polar surface area (TPSA) is 28.2 Å². The lowest BCUT2D eigenvalue weighted by Crippen LogP contribution is -2.36. The monoisotopic (exact) mass is 307 g/mol. The van der Waals surface area contributed by atoms with Gasteiger partial charge in [-0.15, -0.1) is 11.3 Å². The second kappa shape index (κ2) is 7.21. The van der Waals surface area contributed by atoms with E-state index in [4.69, 9.17) is 4.98 Å². The Morgan fingerprint density at radius 1 is 1.29 bits per heavy atom. The Balaban J connectivity index is 1.64. The number of nitrogens with one attached hydrogen (secondary N) is 1. The van der Waals surface area contributed by atoms with Crippen molar-refractivity contribution in [3.8, 4) is 0 Å². The van der Waals surface area contributed by atoms with E-state index in [0.717, 1.165) is 31.6 Å². The van der Waals surface area contributed by atoms with Crippen LogP contribution >= 0.6 is 11.3 Å². The van der Waals surface area contributed by atoms with Gasteiger partial charge in [0.25, 0.3) is 0 Å². The summed E-state index contributed by atoms with van der Waals surface area (Å²) >= 11 is 1.95. The molecule has 1 unspecified atom stereocenters. The fourth-order valence-corrected chi connectivity index (χ4v) is 4.26. The number of nitrogens with zero attached hydrogens (tertiary/aromatic N) is 2. The summed E-state index contributed by atoms with van der Waals surface area (Å²) in [5.41, 5.74) is 1.36. The summed E-state index contributed by atoms with van der Waals surface area (Å²) in [5, 5.41) is 4.99. The molecule has 1 aromatic rings. The largest absolute Gasteiger partial charge is 0.309 e. The van der Waals surface area contributed by atoms with Gasteiger partial charge in [0.05, 0.1) is 12.2 Å². The summed E-state index contributed by atoms with van der Waals surface area (Å²) < 4.78 is 0. The molecule has 3 nitrogen and oxygen atoms in total. The van der Waals surface area contributed by atoms with E-state index in [1.165, 1.54) is 60.6 Å². The van der Waals surface area contributed by atoms with E-state index >= 15 is 0 Å². The van der Waals surface area contributed by atoms with E-state index in [0.29, 0.717) is 0 Å². The van der Waals surface area contributed by atoms with Crippen molar-refractivity contribution in [3.05, 3.63) is 15.6 Å². The van der Waals surface area contributed by atoms with E-state index in [1.807, 2.05) is 11.3 Å². The van der Waals surface area contributed by atoms with Crippen LogP contribution in [0.25, 0.3) is 0 Å². The molecular weight excluding hydrogens is 278 g/mol. The molecule has 118 valence electrons. The fourth-order valence-electron chi connectivity index (χ4n) is 3.17. The van der Waals surface area contributed by atoms with Gasteiger partial charge in [0.15, 0.2) is 0 Å². The molecule has 2 aliphatic rings. The van der Waals surface area contributed by atoms with Crippen molar-refractivity contribution in [2.24, 2.45) is 0 Å². The van der Waals surface area contributed by atoms with Crippen molar-refractivity contribution in [2.45, 2.75) is 84.0 Å². The van der Waals surface area contributed by atoms with Gasteiger partial charge < -0.3 is 5.32 Å². The number of rotatable bonds is 7. The molecule has 1 saturated heterocycles. The molecule has 3 rings (SSSR count). The normalized spacial score (nSPS) is 23.6. The van der Waals surface area contributed by atoms with Gasteiger partial charge in [-0.1, -0.05) is 19.8 Å². The summed E-state index contributed by atoms with van der Waals surface area (Å²) in [6.07, 6.45) is 9.15. The molecule has 0 amide bonds. The van der Waals surface area contributed by atoms with Crippen molar-refractivity contribution < 1.29 is 0 Å². The minimum atomic E-state index is 0.727. The molecular formula is C17H29N3S. The summed E-state index contributed by atoms with van der Waals surface area (Å²) in [6.45, 7) is 7.97. The van der Waals surface area contributed by atoms with Gasteiger partial charge in [-0.2, -0.15) is 0 Å². The van der Waals surface area contributed by atoms with Crippen LogP contribution in [0.1, 0.15) is 68.0 Å². The maximum absolute atomic E-state index is 4.96. The molecule has 0 spiro atoms. The smallest absolute Gasteiger partial charge is 0.107 e. The number of aryl methyl sites for hydroxylation is 1. The number of piperidine rings is 1. The first kappa shape index (κ1) is 15.4. The lowest BCUT2D eigenvalue weighted by Gasteiger charge is -2.32. The third-order valence-electron chi connectivity index (χ3n) is 4.72. The van der Waals surface area contributed by atoms with Gasteiger partial charge in [0.2, 0.25) is 0 Å². The van der Waals surface area contributed by atoms with Crippen LogP contribution in [-0.4, -0.2) is 28.5 Å². The lowest BCUT2D eigenvalue weighted by atomic mass is 10.0. The maximum atomic E-state index is 4.96. The van der Waals surface area contributed by atoms with E-state index in [9.17, 15) is 0 Å². The summed E-state index contributed by atoms with van der Waals surface area (Å²) in [5.74, 6) is 0. The van der Waals surface area contributed by atoms with E-state index in [1.54, 1.807) is 0 Å². The third-order valence-corrected chi connectivity index (χ3v) is 5.80. The van der Waals surface area contributed by atoms with Gasteiger partial charge in [-0.3, -0.25) is 4.90 Å². The number of likely N-dealkylation sites (tertiary alicyclic amines) is 1. The second-order valence-electron chi connectivity index (χ2n) is 6.70. The summed E-state index contributed by atoms with van der Waals surface area (Å²) in [6, 6.07) is 1.51. The van der Waals surface area contributed by atoms with Crippen LogP contribution in [0, 0.1) is 0 Å². The number of thiazole rings is 1. The third kappa shape index (κ3) is 4.27. The molecule has 0 bridgehead atoms. The van der Waals surface area contributed by atoms with Crippen LogP contribution in [0.15, 0.2) is 0 Å². The SMILES string of the molecule is CCCc1nc(CN2CCCCC2C)sc1CNC1CC1. The number of hydrogen-bond acceptors (Lipinski definition) is 4. The Hall–Kier alpha value is -0.450. The minimum absolute atomic E-state index is 0.727. The molecule has 1 N–H and O–H groups in total. The highest BCUT2D eigenvalue weighted by atomic mass is 32.1. The van der Waals surface area contributed by atoms with Crippen LogP contribution in [0.2, 0.25) is 0 Å². The molecule has 2 fully saturated rings. The number of aromatic nitrogens is 1. The van der Waals surface area contributed by atoms with Crippen LogP contribution in [0.5, 0.6) is 0 Å². The van der Waals surface area contributed by atoms with E-state index < -0.39 is 0 Å². The number of hydrogen-bond donors (Lipinski definition) is 1. The highest BCUT2D eigenvalue weighted by Crippen LogP contribution is 2.26. The van der Waals surface area contributed by atoms with Gasteiger partial charge >= 0.3 is 0 Å². The Morgan fingerprint density at radius 3 is 2.86 bits per heavy atom. The Bertz CT molecular complexity index is 453. The molecule has 1 aliphatic heterocycles. The molecule has 4 heteroatoms. The van der Waals surface area contributed by atoms with Crippen molar-refractivity contribution in [2.75, 3.05) is 6.54 Å². The van der Waals surface area contributed by atoms with Crippen molar-refractivity contribution in [1.82, 2.24) is 15.2 Å². The Kier molecular flexibility index (Phi) is 5.30. The average molecular weight is 308 g/mol. The van der Waals surface area contributed by atoms with Crippen molar-refractivity contribution in [3.63, 3.8) is 0 Å². The maximum Gasteiger partial charge on any atom is 0.107 e. The molecule has 0 aromatic carbocycles. The van der Waals surface area contributed by atoms with Crippen LogP contribution in [0.3, 0.4) is 0 Å². The van der Waals surface area contributed by atoms with Crippen molar-refractivity contribution >= 4 is 11.3 Å². The molecule has 1 aliphatic carbocycles. The highest BCUT2D eigenvalue weighted by Gasteiger charge is 2.23. The average Bonchev–Trinajstić information content (AvgIpc) is 3.23. The first-order valence-corrected chi connectivity index (χ1v) is 9.52. The van der Waals surface area contributed by atoms with Crippen LogP contribution < -0.4 is 5.32 Å². The summed E-state index contributed by atoms with van der Waals surface area (Å²) in [4.78, 5) is 9.07. The Labute approximate surface area is 133 Å². The van der Waals surface area contributed by atoms with E-state index in [2.05, 4.69) is 24.1 Å². The predicted octanol–water partition coefficient (Wildman–Crippen LogP) is 3.72. The quantitative estimate of drug-likeness (QED) is 0.832. The molecule has 21 heavy (non-hydrogen) atoms. The zero-order chi connectivity index (χ0) is 14.7. The van der Waals surface area contributed by atoms with Gasteiger partial charge in [-0.25, -0.2) is 4.98 Å². The molecule has 1 saturated carbocycles. The first-order valence-electron chi connectivity index (χ1n) is 8.71. The van der Waals surface area contributed by atoms with Gasteiger partial charge in [0.1, 0.15) is 5.01 Å². The lowest BCUT2D eigenvalue weighted by molar-refractivity contribution is 0.152. The summed E-state index contributed by atoms with van der Waals surface area (Å²) in [7, 11) is 0. The zero-order valence-electron chi connectivity index (χ0n) is 13.5. The van der Waals surface area contributed by atoms with E-state index in [-0.39, 0.29) is 0 Å². The molecule has 2 heterocycles. The standard InChI is InChI=1S/C17H29N3S/c1-3-6-15-16(11-18-14-8-9-14)21-17(19-15)12-20-10-5-4-7-13(20)2/h13-14,18H,3-12H2,1-2H3. The predicted molar refractivity (Wildman–Crippen MR) is 89.7 cm³/mol. The first-order chi connectivity index (χ1) is 10.3. The molecule has 1 aromatic heterocycles. The van der Waals surface area contributed by atoms with Gasteiger partial charge in [-0.05, 0) is 45.6 Å².